The van der Waals surface area contributed by atoms with E-state index in [1.165, 1.54) is 0 Å². The van der Waals surface area contributed by atoms with Crippen LogP contribution in [0.2, 0.25) is 0 Å². The Morgan fingerprint density at radius 3 is 2.64 bits per heavy atom. The van der Waals surface area contributed by atoms with E-state index in [-0.39, 0.29) is 6.10 Å². The third-order valence-corrected chi connectivity index (χ3v) is 4.54. The molecule has 1 aliphatic rings. The van der Waals surface area contributed by atoms with Gasteiger partial charge in [0, 0.05) is 26.2 Å². The van der Waals surface area contributed by atoms with Crippen LogP contribution < -0.4 is 10.6 Å². The van der Waals surface area contributed by atoms with Crippen molar-refractivity contribution in [1.82, 2.24) is 10.2 Å². The molecule has 1 saturated heterocycles. The van der Waals surface area contributed by atoms with Gasteiger partial charge in [-0.15, -0.1) is 0 Å². The number of nitrogens with zero attached hydrogens (tertiary/aromatic N) is 2. The number of morpholine rings is 1. The van der Waals surface area contributed by atoms with Gasteiger partial charge in [-0.2, -0.15) is 5.26 Å². The Morgan fingerprint density at radius 2 is 1.86 bits per heavy atom. The molecule has 1 unspecified atom stereocenters. The van der Waals surface area contributed by atoms with Crippen molar-refractivity contribution in [3.05, 3.63) is 65.7 Å². The van der Waals surface area contributed by atoms with Gasteiger partial charge in [0.2, 0.25) is 0 Å². The molecule has 0 bridgehead atoms. The number of nitriles is 1. The molecular formula is C21H22N4O3. The number of nitrogens with one attached hydrogen (secondary N) is 2. The predicted octanol–water partition coefficient (Wildman–Crippen LogP) is 1.69. The van der Waals surface area contributed by atoms with Gasteiger partial charge in [-0.05, 0) is 17.7 Å². The molecular weight excluding hydrogens is 356 g/mol. The molecule has 0 aromatic heterocycles. The van der Waals surface area contributed by atoms with Crippen molar-refractivity contribution in [2.45, 2.75) is 6.10 Å². The third kappa shape index (κ3) is 5.16. The van der Waals surface area contributed by atoms with E-state index >= 15 is 0 Å². The van der Waals surface area contributed by atoms with Gasteiger partial charge < -0.3 is 15.4 Å². The van der Waals surface area contributed by atoms with Crippen LogP contribution in [0.15, 0.2) is 54.6 Å². The van der Waals surface area contributed by atoms with Gasteiger partial charge in [0.25, 0.3) is 0 Å². The smallest absolute Gasteiger partial charge is 0.313 e. The van der Waals surface area contributed by atoms with E-state index < -0.39 is 11.8 Å². The Labute approximate surface area is 163 Å². The molecule has 2 aromatic rings. The van der Waals surface area contributed by atoms with E-state index in [0.717, 1.165) is 18.7 Å². The van der Waals surface area contributed by atoms with Gasteiger partial charge in [0.1, 0.15) is 6.07 Å². The molecule has 0 saturated carbocycles. The maximum atomic E-state index is 12.0. The first-order valence-electron chi connectivity index (χ1n) is 9.14. The first kappa shape index (κ1) is 19.5. The van der Waals surface area contributed by atoms with Crippen LogP contribution >= 0.6 is 0 Å². The number of rotatable bonds is 5. The molecule has 144 valence electrons. The minimum Gasteiger partial charge on any atom is -0.371 e. The SMILES string of the molecule is N#Cc1ccccc1NC(=O)C(=O)NCCN1CCOC(c2ccccc2)C1. The summed E-state index contributed by atoms with van der Waals surface area (Å²) in [5.41, 5.74) is 1.76. The lowest BCUT2D eigenvalue weighted by Crippen LogP contribution is -2.44. The van der Waals surface area contributed by atoms with E-state index in [1.807, 2.05) is 36.4 Å². The Hall–Kier alpha value is -3.21. The standard InChI is InChI=1S/C21H22N4O3/c22-14-17-8-4-5-9-18(17)24-21(27)20(26)23-10-11-25-12-13-28-19(15-25)16-6-2-1-3-7-16/h1-9,19H,10-13,15H2,(H,23,26)(H,24,27). The molecule has 1 aliphatic heterocycles. The molecule has 1 fully saturated rings. The van der Waals surface area contributed by atoms with Gasteiger partial charge in [0.05, 0.1) is 24.0 Å². The molecule has 2 amide bonds. The minimum atomic E-state index is -0.785. The highest BCUT2D eigenvalue weighted by atomic mass is 16.5. The van der Waals surface area contributed by atoms with E-state index in [0.29, 0.717) is 30.9 Å². The van der Waals surface area contributed by atoms with Crippen LogP contribution in [0.3, 0.4) is 0 Å². The van der Waals surface area contributed by atoms with Crippen molar-refractivity contribution in [3.63, 3.8) is 0 Å². The van der Waals surface area contributed by atoms with Gasteiger partial charge in [-0.1, -0.05) is 42.5 Å². The van der Waals surface area contributed by atoms with Crippen molar-refractivity contribution in [2.24, 2.45) is 0 Å². The average Bonchev–Trinajstić information content (AvgIpc) is 2.75. The molecule has 7 nitrogen and oxygen atoms in total. The number of benzene rings is 2. The highest BCUT2D eigenvalue weighted by Gasteiger charge is 2.22. The van der Waals surface area contributed by atoms with Crippen LogP contribution in [-0.4, -0.2) is 49.5 Å². The molecule has 0 radical (unpaired) electrons. The van der Waals surface area contributed by atoms with E-state index in [1.54, 1.807) is 24.3 Å². The molecule has 0 spiro atoms. The first-order valence-corrected chi connectivity index (χ1v) is 9.14. The van der Waals surface area contributed by atoms with Crippen molar-refractivity contribution >= 4 is 17.5 Å². The molecule has 1 heterocycles. The van der Waals surface area contributed by atoms with Crippen LogP contribution in [-0.2, 0) is 14.3 Å². The summed E-state index contributed by atoms with van der Waals surface area (Å²) in [5.74, 6) is -1.51. The predicted molar refractivity (Wildman–Crippen MR) is 104 cm³/mol. The quantitative estimate of drug-likeness (QED) is 0.772. The van der Waals surface area contributed by atoms with Gasteiger partial charge in [0.15, 0.2) is 0 Å². The summed E-state index contributed by atoms with van der Waals surface area (Å²) >= 11 is 0. The van der Waals surface area contributed by atoms with Crippen LogP contribution in [0.25, 0.3) is 0 Å². The Kier molecular flexibility index (Phi) is 6.73. The molecule has 2 aromatic carbocycles. The van der Waals surface area contributed by atoms with E-state index in [2.05, 4.69) is 15.5 Å². The van der Waals surface area contributed by atoms with Gasteiger partial charge in [-0.3, -0.25) is 14.5 Å². The topological polar surface area (TPSA) is 94.5 Å². The van der Waals surface area contributed by atoms with E-state index in [4.69, 9.17) is 10.00 Å². The second-order valence-electron chi connectivity index (χ2n) is 6.44. The zero-order valence-corrected chi connectivity index (χ0v) is 15.4. The summed E-state index contributed by atoms with van der Waals surface area (Å²) in [4.78, 5) is 26.3. The van der Waals surface area contributed by atoms with Crippen molar-refractivity contribution in [3.8, 4) is 6.07 Å². The lowest BCUT2D eigenvalue weighted by atomic mass is 10.1. The van der Waals surface area contributed by atoms with Crippen LogP contribution in [0.5, 0.6) is 0 Å². The zero-order chi connectivity index (χ0) is 19.8. The maximum Gasteiger partial charge on any atom is 0.313 e. The van der Waals surface area contributed by atoms with Crippen molar-refractivity contribution < 1.29 is 14.3 Å². The minimum absolute atomic E-state index is 0.0106. The number of hydrogen-bond acceptors (Lipinski definition) is 5. The number of anilines is 1. The summed E-state index contributed by atoms with van der Waals surface area (Å²) in [5, 5.41) is 14.1. The molecule has 7 heteroatoms. The second-order valence-corrected chi connectivity index (χ2v) is 6.44. The fraction of sp³-hybridized carbons (Fsp3) is 0.286. The lowest BCUT2D eigenvalue weighted by molar-refractivity contribution is -0.136. The molecule has 28 heavy (non-hydrogen) atoms. The summed E-state index contributed by atoms with van der Waals surface area (Å²) in [6, 6.07) is 18.6. The zero-order valence-electron chi connectivity index (χ0n) is 15.4. The van der Waals surface area contributed by atoms with Crippen LogP contribution in [0.1, 0.15) is 17.2 Å². The lowest BCUT2D eigenvalue weighted by Gasteiger charge is -2.33. The second kappa shape index (κ2) is 9.65. The van der Waals surface area contributed by atoms with Crippen LogP contribution in [0.4, 0.5) is 5.69 Å². The summed E-state index contributed by atoms with van der Waals surface area (Å²) in [7, 11) is 0. The van der Waals surface area contributed by atoms with Crippen molar-refractivity contribution in [2.75, 3.05) is 38.1 Å². The number of para-hydroxylation sites is 1. The summed E-state index contributed by atoms with van der Waals surface area (Å²) < 4.78 is 5.83. The highest BCUT2D eigenvalue weighted by molar-refractivity contribution is 6.39. The third-order valence-electron chi connectivity index (χ3n) is 4.54. The van der Waals surface area contributed by atoms with Gasteiger partial charge in [-0.25, -0.2) is 0 Å². The molecule has 0 aliphatic carbocycles. The fourth-order valence-electron chi connectivity index (χ4n) is 3.05. The number of carbonyl (C=O) groups is 2. The van der Waals surface area contributed by atoms with Gasteiger partial charge >= 0.3 is 11.8 Å². The Morgan fingerprint density at radius 1 is 1.11 bits per heavy atom. The fourth-order valence-corrected chi connectivity index (χ4v) is 3.05. The largest absolute Gasteiger partial charge is 0.371 e. The number of carbonyl (C=O) groups excluding carboxylic acids is 2. The highest BCUT2D eigenvalue weighted by Crippen LogP contribution is 2.21. The number of hydrogen-bond donors (Lipinski definition) is 2. The van der Waals surface area contributed by atoms with E-state index in [9.17, 15) is 9.59 Å². The maximum absolute atomic E-state index is 12.0. The average molecular weight is 378 g/mol. The Bertz CT molecular complexity index is 863. The number of amides is 2. The summed E-state index contributed by atoms with van der Waals surface area (Å²) in [6.45, 7) is 3.12. The first-order chi connectivity index (χ1) is 13.7. The monoisotopic (exact) mass is 378 g/mol. The van der Waals surface area contributed by atoms with Crippen molar-refractivity contribution in [1.29, 1.82) is 5.26 Å². The molecule has 3 rings (SSSR count). The summed E-state index contributed by atoms with van der Waals surface area (Å²) in [6.07, 6.45) is 0.0106. The molecule has 1 atom stereocenters. The number of ether oxygens (including phenoxy) is 1. The molecule has 2 N–H and O–H groups in total. The normalized spacial score (nSPS) is 16.8. The van der Waals surface area contributed by atoms with Crippen LogP contribution in [0, 0.1) is 11.3 Å². The Balaban J connectivity index is 1.44.